The topological polar surface area (TPSA) is 58.9 Å². The highest BCUT2D eigenvalue weighted by Gasteiger charge is 2.33. The smallest absolute Gasteiger partial charge is 0.221 e. The maximum Gasteiger partial charge on any atom is 0.221 e. The highest BCUT2D eigenvalue weighted by atomic mass is 16.6. The number of para-hydroxylation sites is 1. The molecule has 3 aromatic carbocycles. The van der Waals surface area contributed by atoms with Crippen molar-refractivity contribution in [3.05, 3.63) is 106 Å². The van der Waals surface area contributed by atoms with Gasteiger partial charge in [0, 0.05) is 28.4 Å². The minimum Gasteiger partial charge on any atom is -0.358 e. The van der Waals surface area contributed by atoms with Gasteiger partial charge in [0.25, 0.3) is 0 Å². The lowest BCUT2D eigenvalue weighted by Crippen LogP contribution is -2.25. The second kappa shape index (κ2) is 7.31. The van der Waals surface area contributed by atoms with Crippen LogP contribution in [0.2, 0.25) is 0 Å². The Balaban J connectivity index is 1.83. The monoisotopic (exact) mass is 370 g/mol. The number of aromatic amines is 1. The predicted octanol–water partition coefficient (Wildman–Crippen LogP) is 5.94. The molecular weight excluding hydrogens is 348 g/mol. The summed E-state index contributed by atoms with van der Waals surface area (Å²) < 4.78 is 0. The normalized spacial score (nSPS) is 13.4. The minimum absolute atomic E-state index is 0.184. The summed E-state index contributed by atoms with van der Waals surface area (Å²) in [7, 11) is 0. The van der Waals surface area contributed by atoms with E-state index in [1.807, 2.05) is 61.5 Å². The van der Waals surface area contributed by atoms with E-state index in [0.29, 0.717) is 0 Å². The van der Waals surface area contributed by atoms with Crippen LogP contribution < -0.4 is 0 Å². The fourth-order valence-electron chi connectivity index (χ4n) is 4.02. The van der Waals surface area contributed by atoms with Crippen molar-refractivity contribution in [2.45, 2.75) is 25.8 Å². The van der Waals surface area contributed by atoms with Gasteiger partial charge in [-0.15, -0.1) is 0 Å². The van der Waals surface area contributed by atoms with E-state index in [9.17, 15) is 10.1 Å². The highest BCUT2D eigenvalue weighted by molar-refractivity contribution is 5.85. The first-order chi connectivity index (χ1) is 13.6. The van der Waals surface area contributed by atoms with Crippen LogP contribution in [0.15, 0.2) is 78.9 Å². The molecule has 4 rings (SSSR count). The van der Waals surface area contributed by atoms with Gasteiger partial charge in [-0.3, -0.25) is 10.1 Å². The SMILES string of the molecule is Cc1[nH]c2ccccc2c1[C@H](c1ccc(-c2ccccc2)cc1)[C@H](C)[N+](=O)[O-]. The third-order valence-corrected chi connectivity index (χ3v) is 5.45. The lowest BCUT2D eigenvalue weighted by atomic mass is 9.84. The molecule has 1 N–H and O–H groups in total. The molecule has 1 heterocycles. The van der Waals surface area contributed by atoms with E-state index in [-0.39, 0.29) is 10.8 Å². The van der Waals surface area contributed by atoms with Crippen molar-refractivity contribution in [2.75, 3.05) is 0 Å². The molecular formula is C24H22N2O2. The number of rotatable bonds is 5. The number of aromatic nitrogens is 1. The van der Waals surface area contributed by atoms with Crippen LogP contribution >= 0.6 is 0 Å². The van der Waals surface area contributed by atoms with E-state index in [1.54, 1.807) is 6.92 Å². The summed E-state index contributed by atoms with van der Waals surface area (Å²) in [6.07, 6.45) is 0. The molecule has 0 spiro atoms. The standard InChI is InChI=1S/C24H22N2O2/c1-16-23(21-10-6-7-11-22(21)25-16)24(17(2)26(27)28)20-14-12-19(13-15-20)18-8-4-3-5-9-18/h3-15,17,24-25H,1-2H3/t17-,24-/m0/s1. The zero-order chi connectivity index (χ0) is 19.7. The maximum atomic E-state index is 11.7. The zero-order valence-electron chi connectivity index (χ0n) is 15.9. The van der Waals surface area contributed by atoms with E-state index < -0.39 is 6.04 Å². The van der Waals surface area contributed by atoms with Gasteiger partial charge in [-0.05, 0) is 35.2 Å². The number of H-pyrrole nitrogens is 1. The van der Waals surface area contributed by atoms with Crippen LogP contribution in [0, 0.1) is 17.0 Å². The Labute approximate surface area is 164 Å². The molecule has 0 amide bonds. The average Bonchev–Trinajstić information content (AvgIpc) is 3.05. The van der Waals surface area contributed by atoms with Crippen LogP contribution in [0.25, 0.3) is 22.0 Å². The van der Waals surface area contributed by atoms with Crippen molar-refractivity contribution < 1.29 is 4.92 Å². The van der Waals surface area contributed by atoms with Gasteiger partial charge in [-0.25, -0.2) is 0 Å². The van der Waals surface area contributed by atoms with Crippen molar-refractivity contribution in [1.82, 2.24) is 4.98 Å². The molecule has 0 aliphatic carbocycles. The van der Waals surface area contributed by atoms with Gasteiger partial charge in [-0.1, -0.05) is 72.8 Å². The zero-order valence-corrected chi connectivity index (χ0v) is 15.9. The van der Waals surface area contributed by atoms with Crippen molar-refractivity contribution in [2.24, 2.45) is 0 Å². The Morgan fingerprint density at radius 2 is 1.46 bits per heavy atom. The molecule has 0 aliphatic heterocycles. The van der Waals surface area contributed by atoms with E-state index in [0.717, 1.165) is 38.9 Å². The minimum atomic E-state index is -0.736. The van der Waals surface area contributed by atoms with Crippen LogP contribution in [-0.4, -0.2) is 15.9 Å². The summed E-state index contributed by atoms with van der Waals surface area (Å²) in [5.74, 6) is -0.323. The quantitative estimate of drug-likeness (QED) is 0.349. The van der Waals surface area contributed by atoms with Crippen LogP contribution in [-0.2, 0) is 0 Å². The van der Waals surface area contributed by atoms with Crippen molar-refractivity contribution in [3.8, 4) is 11.1 Å². The maximum absolute atomic E-state index is 11.7. The van der Waals surface area contributed by atoms with Crippen molar-refractivity contribution >= 4 is 10.9 Å². The van der Waals surface area contributed by atoms with Gasteiger partial charge in [0.1, 0.15) is 0 Å². The molecule has 0 saturated heterocycles. The van der Waals surface area contributed by atoms with E-state index >= 15 is 0 Å². The van der Waals surface area contributed by atoms with Gasteiger partial charge < -0.3 is 4.98 Å². The summed E-state index contributed by atoms with van der Waals surface area (Å²) in [5.41, 5.74) is 6.19. The number of nitrogens with one attached hydrogen (secondary N) is 1. The Morgan fingerprint density at radius 3 is 2.14 bits per heavy atom. The Morgan fingerprint density at radius 1 is 0.857 bits per heavy atom. The van der Waals surface area contributed by atoms with Gasteiger partial charge >= 0.3 is 0 Å². The third kappa shape index (κ3) is 3.18. The fraction of sp³-hybridized carbons (Fsp3) is 0.167. The number of fused-ring (bicyclic) bond motifs is 1. The molecule has 1 aromatic heterocycles. The summed E-state index contributed by atoms with van der Waals surface area (Å²) >= 11 is 0. The van der Waals surface area contributed by atoms with E-state index in [1.165, 1.54) is 0 Å². The molecule has 0 unspecified atom stereocenters. The van der Waals surface area contributed by atoms with Crippen LogP contribution in [0.4, 0.5) is 0 Å². The van der Waals surface area contributed by atoms with Crippen LogP contribution in [0.5, 0.6) is 0 Å². The summed E-state index contributed by atoms with van der Waals surface area (Å²) in [4.78, 5) is 14.9. The molecule has 28 heavy (non-hydrogen) atoms. The molecule has 0 fully saturated rings. The molecule has 0 saturated carbocycles. The molecule has 4 heteroatoms. The predicted molar refractivity (Wildman–Crippen MR) is 113 cm³/mol. The molecule has 2 atom stereocenters. The molecule has 0 radical (unpaired) electrons. The second-order valence-corrected chi connectivity index (χ2v) is 7.20. The summed E-state index contributed by atoms with van der Waals surface area (Å²) in [6.45, 7) is 3.68. The number of nitro groups is 1. The van der Waals surface area contributed by atoms with Crippen LogP contribution in [0.1, 0.15) is 29.7 Å². The number of aryl methyl sites for hydroxylation is 1. The lowest BCUT2D eigenvalue weighted by Gasteiger charge is -2.20. The largest absolute Gasteiger partial charge is 0.358 e. The lowest BCUT2D eigenvalue weighted by molar-refractivity contribution is -0.520. The molecule has 4 nitrogen and oxygen atoms in total. The Bertz CT molecular complexity index is 1110. The van der Waals surface area contributed by atoms with Gasteiger partial charge in [0.15, 0.2) is 0 Å². The number of hydrogen-bond acceptors (Lipinski definition) is 2. The van der Waals surface area contributed by atoms with E-state index in [4.69, 9.17) is 0 Å². The summed E-state index contributed by atoms with van der Waals surface area (Å²) in [5, 5.41) is 12.8. The second-order valence-electron chi connectivity index (χ2n) is 7.20. The van der Waals surface area contributed by atoms with Crippen molar-refractivity contribution in [1.29, 1.82) is 0 Å². The Hall–Kier alpha value is -3.40. The summed E-state index contributed by atoms with van der Waals surface area (Å²) in [6, 6.07) is 25.6. The number of hydrogen-bond donors (Lipinski definition) is 1. The van der Waals surface area contributed by atoms with Crippen molar-refractivity contribution in [3.63, 3.8) is 0 Å². The first kappa shape index (κ1) is 18.0. The molecule has 4 aromatic rings. The number of benzene rings is 3. The Kier molecular flexibility index (Phi) is 4.70. The highest BCUT2D eigenvalue weighted by Crippen LogP contribution is 2.37. The van der Waals surface area contributed by atoms with E-state index in [2.05, 4.69) is 29.2 Å². The number of nitrogens with zero attached hydrogens (tertiary/aromatic N) is 1. The van der Waals surface area contributed by atoms with Gasteiger partial charge in [0.2, 0.25) is 6.04 Å². The molecule has 140 valence electrons. The molecule has 0 aliphatic rings. The first-order valence-corrected chi connectivity index (χ1v) is 9.42. The van der Waals surface area contributed by atoms with Crippen LogP contribution in [0.3, 0.4) is 0 Å². The van der Waals surface area contributed by atoms with Gasteiger partial charge in [0.05, 0.1) is 5.92 Å². The first-order valence-electron chi connectivity index (χ1n) is 9.42. The third-order valence-electron chi connectivity index (χ3n) is 5.45. The molecule has 0 bridgehead atoms. The van der Waals surface area contributed by atoms with Gasteiger partial charge in [-0.2, -0.15) is 0 Å². The fourth-order valence-corrected chi connectivity index (χ4v) is 4.02. The average molecular weight is 370 g/mol.